The van der Waals surface area contributed by atoms with E-state index in [1.807, 2.05) is 13.8 Å². The monoisotopic (exact) mass is 245 g/mol. The number of aliphatic hydroxyl groups excluding tert-OH is 1. The summed E-state index contributed by atoms with van der Waals surface area (Å²) in [5.74, 6) is -0.269. The van der Waals surface area contributed by atoms with E-state index in [0.717, 1.165) is 22.3 Å². The summed E-state index contributed by atoms with van der Waals surface area (Å²) in [5.41, 5.74) is 3.61. The average Bonchev–Trinajstić information content (AvgIpc) is 2.34. The zero-order chi connectivity index (χ0) is 13.1. The van der Waals surface area contributed by atoms with Crippen LogP contribution in [-0.4, -0.2) is 10.1 Å². The van der Waals surface area contributed by atoms with Crippen molar-refractivity contribution in [2.24, 2.45) is 0 Å². The summed E-state index contributed by atoms with van der Waals surface area (Å²) >= 11 is 0. The zero-order valence-corrected chi connectivity index (χ0v) is 10.5. The number of aromatic nitrogens is 1. The number of benzene rings is 1. The number of nitrogens with zero attached hydrogens (tertiary/aromatic N) is 1. The van der Waals surface area contributed by atoms with Crippen molar-refractivity contribution in [3.8, 4) is 0 Å². The van der Waals surface area contributed by atoms with Crippen molar-refractivity contribution in [2.45, 2.75) is 26.4 Å². The molecule has 0 fully saturated rings. The molecule has 1 aromatic carbocycles. The lowest BCUT2D eigenvalue weighted by Crippen LogP contribution is -2.05. The van der Waals surface area contributed by atoms with Crippen molar-refractivity contribution >= 4 is 0 Å². The van der Waals surface area contributed by atoms with Crippen LogP contribution in [-0.2, 0) is 6.42 Å². The molecule has 94 valence electrons. The minimum Gasteiger partial charge on any atom is -0.388 e. The zero-order valence-electron chi connectivity index (χ0n) is 10.5. The van der Waals surface area contributed by atoms with Crippen LogP contribution in [0.3, 0.4) is 0 Å². The van der Waals surface area contributed by atoms with Gasteiger partial charge in [-0.1, -0.05) is 6.07 Å². The highest BCUT2D eigenvalue weighted by Gasteiger charge is 2.12. The number of hydrogen-bond acceptors (Lipinski definition) is 2. The normalized spacial score (nSPS) is 12.4. The molecule has 3 heteroatoms. The summed E-state index contributed by atoms with van der Waals surface area (Å²) in [6.45, 7) is 3.82. The summed E-state index contributed by atoms with van der Waals surface area (Å²) in [6.07, 6.45) is 3.16. The lowest BCUT2D eigenvalue weighted by molar-refractivity contribution is 0.177. The molecule has 0 bridgehead atoms. The van der Waals surface area contributed by atoms with Gasteiger partial charge >= 0.3 is 0 Å². The van der Waals surface area contributed by atoms with Crippen LogP contribution >= 0.6 is 0 Å². The summed E-state index contributed by atoms with van der Waals surface area (Å²) in [5, 5.41) is 10.2. The molecule has 0 aliphatic heterocycles. The Labute approximate surface area is 106 Å². The van der Waals surface area contributed by atoms with Gasteiger partial charge < -0.3 is 5.11 Å². The molecule has 0 aliphatic rings. The summed E-state index contributed by atoms with van der Waals surface area (Å²) in [7, 11) is 0. The SMILES string of the molecule is Cc1ccc(F)cc1CC(O)c1ccncc1C. The quantitative estimate of drug-likeness (QED) is 0.901. The van der Waals surface area contributed by atoms with Crippen molar-refractivity contribution in [3.63, 3.8) is 0 Å². The second kappa shape index (κ2) is 5.27. The van der Waals surface area contributed by atoms with Gasteiger partial charge in [-0.3, -0.25) is 4.98 Å². The number of halogens is 1. The van der Waals surface area contributed by atoms with E-state index in [9.17, 15) is 9.50 Å². The fraction of sp³-hybridized carbons (Fsp3) is 0.267. The van der Waals surface area contributed by atoms with E-state index in [1.165, 1.54) is 12.1 Å². The topological polar surface area (TPSA) is 33.1 Å². The van der Waals surface area contributed by atoms with Gasteiger partial charge in [-0.05, 0) is 54.3 Å². The van der Waals surface area contributed by atoms with Gasteiger partial charge in [0.25, 0.3) is 0 Å². The van der Waals surface area contributed by atoms with Crippen molar-refractivity contribution in [1.82, 2.24) is 4.98 Å². The molecule has 0 spiro atoms. The highest BCUT2D eigenvalue weighted by Crippen LogP contribution is 2.22. The van der Waals surface area contributed by atoms with Crippen molar-refractivity contribution in [1.29, 1.82) is 0 Å². The Morgan fingerprint density at radius 1 is 1.22 bits per heavy atom. The predicted octanol–water partition coefficient (Wildman–Crippen LogP) is 3.11. The fourth-order valence-electron chi connectivity index (χ4n) is 2.04. The van der Waals surface area contributed by atoms with Crippen LogP contribution in [0.1, 0.15) is 28.4 Å². The van der Waals surface area contributed by atoms with Crippen LogP contribution in [0.15, 0.2) is 36.7 Å². The Bertz CT molecular complexity index is 554. The molecule has 1 aromatic heterocycles. The van der Waals surface area contributed by atoms with E-state index >= 15 is 0 Å². The first-order chi connectivity index (χ1) is 8.58. The molecule has 0 aliphatic carbocycles. The second-order valence-electron chi connectivity index (χ2n) is 4.52. The molecule has 0 amide bonds. The standard InChI is InChI=1S/C15H16FNO/c1-10-3-4-13(16)7-12(10)8-15(18)14-5-6-17-9-11(14)2/h3-7,9,15,18H,8H2,1-2H3. The molecule has 0 saturated heterocycles. The van der Waals surface area contributed by atoms with E-state index < -0.39 is 6.10 Å². The van der Waals surface area contributed by atoms with Gasteiger partial charge in [0.2, 0.25) is 0 Å². The minimum absolute atomic E-state index is 0.269. The van der Waals surface area contributed by atoms with Crippen LogP contribution in [0.5, 0.6) is 0 Å². The molecule has 1 heterocycles. The van der Waals surface area contributed by atoms with Gasteiger partial charge in [0.05, 0.1) is 6.10 Å². The molecule has 1 atom stereocenters. The maximum Gasteiger partial charge on any atom is 0.123 e. The van der Waals surface area contributed by atoms with Crippen LogP contribution < -0.4 is 0 Å². The lowest BCUT2D eigenvalue weighted by atomic mass is 9.96. The van der Waals surface area contributed by atoms with E-state index in [4.69, 9.17) is 0 Å². The highest BCUT2D eigenvalue weighted by atomic mass is 19.1. The number of aryl methyl sites for hydroxylation is 2. The van der Waals surface area contributed by atoms with Gasteiger partial charge in [-0.15, -0.1) is 0 Å². The number of hydrogen-bond donors (Lipinski definition) is 1. The number of pyridine rings is 1. The third-order valence-corrected chi connectivity index (χ3v) is 3.15. The molecule has 0 saturated carbocycles. The molecule has 2 aromatic rings. The number of rotatable bonds is 3. The molecule has 0 radical (unpaired) electrons. The van der Waals surface area contributed by atoms with E-state index in [0.29, 0.717) is 6.42 Å². The van der Waals surface area contributed by atoms with Crippen LogP contribution in [0.25, 0.3) is 0 Å². The highest BCUT2D eigenvalue weighted by molar-refractivity contribution is 5.30. The molecule has 1 N–H and O–H groups in total. The molecular weight excluding hydrogens is 229 g/mol. The van der Waals surface area contributed by atoms with Crippen LogP contribution in [0, 0.1) is 19.7 Å². The second-order valence-corrected chi connectivity index (χ2v) is 4.52. The number of aliphatic hydroxyl groups is 1. The smallest absolute Gasteiger partial charge is 0.123 e. The predicted molar refractivity (Wildman–Crippen MR) is 68.8 cm³/mol. The maximum absolute atomic E-state index is 13.2. The molecule has 2 nitrogen and oxygen atoms in total. The fourth-order valence-corrected chi connectivity index (χ4v) is 2.04. The van der Waals surface area contributed by atoms with E-state index in [2.05, 4.69) is 4.98 Å². The van der Waals surface area contributed by atoms with E-state index in [-0.39, 0.29) is 5.82 Å². The molecule has 2 rings (SSSR count). The van der Waals surface area contributed by atoms with Gasteiger partial charge in [0, 0.05) is 18.8 Å². The maximum atomic E-state index is 13.2. The Morgan fingerprint density at radius 2 is 2.00 bits per heavy atom. The molecule has 18 heavy (non-hydrogen) atoms. The minimum atomic E-state index is -0.631. The van der Waals surface area contributed by atoms with E-state index in [1.54, 1.807) is 24.5 Å². The van der Waals surface area contributed by atoms with Crippen molar-refractivity contribution in [2.75, 3.05) is 0 Å². The van der Waals surface area contributed by atoms with Gasteiger partial charge in [-0.25, -0.2) is 4.39 Å². The third kappa shape index (κ3) is 2.74. The first-order valence-corrected chi connectivity index (χ1v) is 5.91. The summed E-state index contributed by atoms with van der Waals surface area (Å²) < 4.78 is 13.2. The largest absolute Gasteiger partial charge is 0.388 e. The average molecular weight is 245 g/mol. The van der Waals surface area contributed by atoms with Crippen LogP contribution in [0.2, 0.25) is 0 Å². The van der Waals surface area contributed by atoms with Gasteiger partial charge in [0.1, 0.15) is 5.82 Å². The Morgan fingerprint density at radius 3 is 2.72 bits per heavy atom. The van der Waals surface area contributed by atoms with Crippen molar-refractivity contribution < 1.29 is 9.50 Å². The molecule has 1 unspecified atom stereocenters. The Balaban J connectivity index is 2.24. The summed E-state index contributed by atoms with van der Waals surface area (Å²) in [4.78, 5) is 3.99. The Hall–Kier alpha value is -1.74. The summed E-state index contributed by atoms with van der Waals surface area (Å²) in [6, 6.07) is 6.45. The van der Waals surface area contributed by atoms with Gasteiger partial charge in [-0.2, -0.15) is 0 Å². The van der Waals surface area contributed by atoms with Gasteiger partial charge in [0.15, 0.2) is 0 Å². The lowest BCUT2D eigenvalue weighted by Gasteiger charge is -2.14. The first kappa shape index (κ1) is 12.7. The Kier molecular flexibility index (Phi) is 3.72. The molecular formula is C15H16FNO. The van der Waals surface area contributed by atoms with Crippen LogP contribution in [0.4, 0.5) is 4.39 Å². The third-order valence-electron chi connectivity index (χ3n) is 3.15. The first-order valence-electron chi connectivity index (χ1n) is 5.91. The van der Waals surface area contributed by atoms with Crippen molar-refractivity contribution in [3.05, 3.63) is 64.7 Å².